The summed E-state index contributed by atoms with van der Waals surface area (Å²) in [7, 11) is 1.49. The maximum Gasteiger partial charge on any atom is 0.277 e. The second-order valence-corrected chi connectivity index (χ2v) is 4.81. The topological polar surface area (TPSA) is 94.3 Å². The molecule has 0 aromatic carbocycles. The van der Waals surface area contributed by atoms with E-state index in [1.165, 1.54) is 19.5 Å². The van der Waals surface area contributed by atoms with Gasteiger partial charge in [-0.15, -0.1) is 0 Å². The van der Waals surface area contributed by atoms with Crippen LogP contribution in [0.4, 0.5) is 5.82 Å². The second kappa shape index (κ2) is 5.57. The fourth-order valence-corrected chi connectivity index (χ4v) is 2.00. The summed E-state index contributed by atoms with van der Waals surface area (Å²) in [5, 5.41) is 2.84. The summed E-state index contributed by atoms with van der Waals surface area (Å²) in [6.07, 6.45) is 6.03. The van der Waals surface area contributed by atoms with E-state index in [-0.39, 0.29) is 10.8 Å². The van der Waals surface area contributed by atoms with Crippen LogP contribution in [-0.4, -0.2) is 37.4 Å². The number of nitrogens with zero attached hydrogens (tertiary/aromatic N) is 5. The van der Waals surface area contributed by atoms with Gasteiger partial charge < -0.3 is 10.1 Å². The van der Waals surface area contributed by atoms with Crippen molar-refractivity contribution >= 4 is 29.0 Å². The van der Waals surface area contributed by atoms with E-state index in [4.69, 9.17) is 16.3 Å². The maximum absolute atomic E-state index is 12.1. The minimum absolute atomic E-state index is 0.132. The van der Waals surface area contributed by atoms with Crippen molar-refractivity contribution in [1.82, 2.24) is 24.3 Å². The number of imidazole rings is 1. The largest absolute Gasteiger partial charge is 0.478 e. The Bertz CT molecular complexity index is 846. The molecule has 0 bridgehead atoms. The lowest BCUT2D eigenvalue weighted by Crippen LogP contribution is -2.15. The number of aromatic nitrogens is 5. The summed E-state index contributed by atoms with van der Waals surface area (Å²) in [5.74, 6) is 0.173. The molecule has 0 unspecified atom stereocenters. The highest BCUT2D eigenvalue weighted by atomic mass is 35.5. The minimum atomic E-state index is -0.449. The van der Waals surface area contributed by atoms with Crippen molar-refractivity contribution < 1.29 is 9.53 Å². The molecule has 0 atom stereocenters. The molecule has 0 saturated heterocycles. The van der Waals surface area contributed by atoms with Crippen molar-refractivity contribution in [2.75, 3.05) is 12.4 Å². The zero-order chi connectivity index (χ0) is 15.7. The third kappa shape index (κ3) is 2.68. The fraction of sp³-hybridized carbons (Fsp3) is 0.154. The van der Waals surface area contributed by atoms with Crippen LogP contribution in [-0.2, 0) is 0 Å². The molecule has 0 aliphatic carbocycles. The van der Waals surface area contributed by atoms with Gasteiger partial charge in [-0.3, -0.25) is 9.20 Å². The van der Waals surface area contributed by atoms with E-state index in [0.29, 0.717) is 17.3 Å². The van der Waals surface area contributed by atoms with Crippen LogP contribution in [0.5, 0.6) is 5.88 Å². The monoisotopic (exact) mass is 318 g/mol. The molecule has 0 spiro atoms. The Labute approximate surface area is 130 Å². The molecule has 0 aliphatic rings. The molecule has 0 aliphatic heterocycles. The van der Waals surface area contributed by atoms with Gasteiger partial charge >= 0.3 is 0 Å². The fourth-order valence-electron chi connectivity index (χ4n) is 1.90. The molecule has 0 radical (unpaired) electrons. The Morgan fingerprint density at radius 1 is 1.27 bits per heavy atom. The lowest BCUT2D eigenvalue weighted by atomic mass is 10.4. The van der Waals surface area contributed by atoms with Crippen LogP contribution in [0.1, 0.15) is 16.2 Å². The average Bonchev–Trinajstić information content (AvgIpc) is 2.87. The number of nitrogens with one attached hydrogen (secondary N) is 1. The molecule has 1 N–H and O–H groups in total. The van der Waals surface area contributed by atoms with E-state index in [0.717, 1.165) is 5.69 Å². The predicted octanol–water partition coefficient (Wildman–Crippen LogP) is 1.74. The van der Waals surface area contributed by atoms with Gasteiger partial charge in [-0.05, 0) is 6.92 Å². The van der Waals surface area contributed by atoms with Gasteiger partial charge in [0.1, 0.15) is 10.8 Å². The van der Waals surface area contributed by atoms with Crippen molar-refractivity contribution in [3.05, 3.63) is 41.3 Å². The second-order valence-electron chi connectivity index (χ2n) is 4.43. The van der Waals surface area contributed by atoms with E-state index in [2.05, 4.69) is 25.3 Å². The molecule has 3 rings (SSSR count). The van der Waals surface area contributed by atoms with Crippen LogP contribution in [0.15, 0.2) is 24.8 Å². The standard InChI is InChI=1S/C13H11ClN6O2/c1-7-5-20-6-10(19-13(22-2)11(20)17-7)18-12(21)8-3-16-9(14)4-15-8/h3-6H,1-2H3,(H,18,21). The Balaban J connectivity index is 1.93. The van der Waals surface area contributed by atoms with Crippen molar-refractivity contribution in [1.29, 1.82) is 0 Å². The van der Waals surface area contributed by atoms with Crippen molar-refractivity contribution in [3.63, 3.8) is 0 Å². The lowest BCUT2D eigenvalue weighted by Gasteiger charge is -2.07. The van der Waals surface area contributed by atoms with Crippen molar-refractivity contribution in [2.24, 2.45) is 0 Å². The number of hydrogen-bond donors (Lipinski definition) is 1. The number of aryl methyl sites for hydroxylation is 1. The van der Waals surface area contributed by atoms with Gasteiger partial charge in [0.2, 0.25) is 5.65 Å². The molecule has 112 valence electrons. The number of hydrogen-bond acceptors (Lipinski definition) is 6. The normalized spacial score (nSPS) is 10.7. The predicted molar refractivity (Wildman–Crippen MR) is 79.3 cm³/mol. The SMILES string of the molecule is COc1nc(NC(=O)c2cnc(Cl)cn2)cn2cc(C)nc12. The summed E-state index contributed by atoms with van der Waals surface area (Å²) in [5.41, 5.74) is 1.52. The zero-order valence-corrected chi connectivity index (χ0v) is 12.5. The quantitative estimate of drug-likeness (QED) is 0.790. The molecule has 3 aromatic rings. The van der Waals surface area contributed by atoms with E-state index in [1.807, 2.05) is 6.92 Å². The maximum atomic E-state index is 12.1. The smallest absolute Gasteiger partial charge is 0.277 e. The number of ether oxygens (including phenoxy) is 1. The van der Waals surface area contributed by atoms with E-state index < -0.39 is 5.91 Å². The number of carbonyl (C=O) groups is 1. The number of rotatable bonds is 3. The highest BCUT2D eigenvalue weighted by Crippen LogP contribution is 2.19. The van der Waals surface area contributed by atoms with Gasteiger partial charge in [-0.25, -0.2) is 15.0 Å². The Morgan fingerprint density at radius 2 is 2.09 bits per heavy atom. The van der Waals surface area contributed by atoms with Crippen LogP contribution in [0.25, 0.3) is 5.65 Å². The number of amides is 1. The summed E-state index contributed by atoms with van der Waals surface area (Å²) < 4.78 is 6.92. The minimum Gasteiger partial charge on any atom is -0.478 e. The van der Waals surface area contributed by atoms with Gasteiger partial charge in [0, 0.05) is 6.20 Å². The first-order valence-electron chi connectivity index (χ1n) is 6.26. The van der Waals surface area contributed by atoms with Gasteiger partial charge in [-0.1, -0.05) is 11.6 Å². The molecule has 0 saturated carbocycles. The highest BCUT2D eigenvalue weighted by Gasteiger charge is 2.13. The van der Waals surface area contributed by atoms with Crippen molar-refractivity contribution in [3.8, 4) is 5.88 Å². The Kier molecular flexibility index (Phi) is 3.60. The summed E-state index contributed by atoms with van der Waals surface area (Å²) in [6.45, 7) is 1.86. The van der Waals surface area contributed by atoms with Crippen LogP contribution in [0, 0.1) is 6.92 Å². The van der Waals surface area contributed by atoms with Gasteiger partial charge in [0.05, 0.1) is 31.4 Å². The molecule has 9 heteroatoms. The zero-order valence-electron chi connectivity index (χ0n) is 11.7. The Hall–Kier alpha value is -2.74. The summed E-state index contributed by atoms with van der Waals surface area (Å²) >= 11 is 5.64. The van der Waals surface area contributed by atoms with E-state index >= 15 is 0 Å². The number of halogens is 1. The molecular weight excluding hydrogens is 308 g/mol. The average molecular weight is 319 g/mol. The molecule has 1 amide bonds. The first-order chi connectivity index (χ1) is 10.6. The summed E-state index contributed by atoms with van der Waals surface area (Å²) in [4.78, 5) is 28.3. The first-order valence-corrected chi connectivity index (χ1v) is 6.64. The lowest BCUT2D eigenvalue weighted by molar-refractivity contribution is 0.102. The molecular formula is C13H11ClN6O2. The molecule has 3 aromatic heterocycles. The number of methoxy groups -OCH3 is 1. The summed E-state index contributed by atoms with van der Waals surface area (Å²) in [6, 6.07) is 0. The molecule has 3 heterocycles. The number of fused-ring (bicyclic) bond motifs is 1. The number of anilines is 1. The molecule has 8 nitrogen and oxygen atoms in total. The van der Waals surface area contributed by atoms with E-state index in [9.17, 15) is 4.79 Å². The number of carbonyl (C=O) groups excluding carboxylic acids is 1. The third-order valence-corrected chi connectivity index (χ3v) is 3.01. The van der Waals surface area contributed by atoms with E-state index in [1.54, 1.807) is 16.8 Å². The van der Waals surface area contributed by atoms with Gasteiger partial charge in [0.15, 0.2) is 5.82 Å². The van der Waals surface area contributed by atoms with Crippen LogP contribution in [0.3, 0.4) is 0 Å². The molecule has 22 heavy (non-hydrogen) atoms. The van der Waals surface area contributed by atoms with Crippen LogP contribution < -0.4 is 10.1 Å². The molecule has 0 fully saturated rings. The van der Waals surface area contributed by atoms with Gasteiger partial charge in [0.25, 0.3) is 11.8 Å². The van der Waals surface area contributed by atoms with Crippen LogP contribution >= 0.6 is 11.6 Å². The van der Waals surface area contributed by atoms with Gasteiger partial charge in [-0.2, -0.15) is 4.98 Å². The third-order valence-electron chi connectivity index (χ3n) is 2.82. The Morgan fingerprint density at radius 3 is 2.77 bits per heavy atom. The van der Waals surface area contributed by atoms with Crippen LogP contribution in [0.2, 0.25) is 5.15 Å². The first kappa shape index (κ1) is 14.2. The highest BCUT2D eigenvalue weighted by molar-refractivity contribution is 6.29. The van der Waals surface area contributed by atoms with Crippen molar-refractivity contribution in [2.45, 2.75) is 6.92 Å².